The fourth-order valence-corrected chi connectivity index (χ4v) is 3.14. The molecule has 0 fully saturated rings. The van der Waals surface area contributed by atoms with E-state index in [0.29, 0.717) is 0 Å². The molecule has 0 radical (unpaired) electrons. The van der Waals surface area contributed by atoms with Crippen LogP contribution in [0.5, 0.6) is 0 Å². The average Bonchev–Trinajstić information content (AvgIpc) is 2.66. The van der Waals surface area contributed by atoms with Crippen molar-refractivity contribution < 1.29 is 18.3 Å². The van der Waals surface area contributed by atoms with Crippen LogP contribution >= 0.6 is 11.3 Å². The predicted molar refractivity (Wildman–Crippen MR) is 59.9 cm³/mol. The summed E-state index contributed by atoms with van der Waals surface area (Å²) in [6.45, 7) is 1.55. The van der Waals surface area contributed by atoms with Crippen LogP contribution in [0.4, 0.5) is 0 Å². The first kappa shape index (κ1) is 12.7. The second kappa shape index (κ2) is 5.12. The molecule has 1 rings (SSSR count). The van der Waals surface area contributed by atoms with E-state index in [1.807, 2.05) is 0 Å². The van der Waals surface area contributed by atoms with Crippen LogP contribution in [0.1, 0.15) is 16.6 Å². The zero-order valence-electron chi connectivity index (χ0n) is 8.35. The molecule has 1 aromatic heterocycles. The fourth-order valence-electron chi connectivity index (χ4n) is 0.962. The van der Waals surface area contributed by atoms with Gasteiger partial charge >= 0.3 is 5.97 Å². The molecule has 0 saturated carbocycles. The van der Waals surface area contributed by atoms with Crippen molar-refractivity contribution in [1.82, 2.24) is 4.72 Å². The first-order chi connectivity index (χ1) is 7.49. The van der Waals surface area contributed by atoms with Gasteiger partial charge in [0.25, 0.3) is 0 Å². The van der Waals surface area contributed by atoms with Crippen LogP contribution in [0, 0.1) is 11.8 Å². The number of hydrogen-bond donors (Lipinski definition) is 2. The second-order valence-corrected chi connectivity index (χ2v) is 5.32. The van der Waals surface area contributed by atoms with Crippen LogP contribution in [-0.2, 0) is 10.0 Å². The van der Waals surface area contributed by atoms with Crippen molar-refractivity contribution >= 4 is 27.3 Å². The topological polar surface area (TPSA) is 83.5 Å². The number of carboxylic acids is 1. The number of carbonyl (C=O) groups is 1. The minimum atomic E-state index is -3.79. The van der Waals surface area contributed by atoms with Gasteiger partial charge in [-0.1, -0.05) is 5.92 Å². The number of aromatic carboxylic acids is 1. The van der Waals surface area contributed by atoms with E-state index in [2.05, 4.69) is 16.6 Å². The summed E-state index contributed by atoms with van der Waals surface area (Å²) in [5.74, 6) is 3.81. The van der Waals surface area contributed by atoms with Crippen molar-refractivity contribution in [3.05, 3.63) is 16.3 Å². The minimum absolute atomic E-state index is 0.0340. The zero-order valence-corrected chi connectivity index (χ0v) is 9.98. The lowest BCUT2D eigenvalue weighted by molar-refractivity contribution is 0.0698. The van der Waals surface area contributed by atoms with E-state index < -0.39 is 16.0 Å². The monoisotopic (exact) mass is 259 g/mol. The SMILES string of the molecule is CC#CCNS(=O)(=O)c1ccsc1C(=O)O. The molecule has 0 bridgehead atoms. The molecule has 0 spiro atoms. The van der Waals surface area contributed by atoms with Gasteiger partial charge in [0.15, 0.2) is 0 Å². The van der Waals surface area contributed by atoms with Gasteiger partial charge in [-0.15, -0.1) is 17.3 Å². The van der Waals surface area contributed by atoms with Gasteiger partial charge in [-0.25, -0.2) is 13.2 Å². The smallest absolute Gasteiger partial charge is 0.347 e. The Hall–Kier alpha value is -1.36. The van der Waals surface area contributed by atoms with Crippen LogP contribution in [0.15, 0.2) is 16.3 Å². The summed E-state index contributed by atoms with van der Waals surface area (Å²) in [6.07, 6.45) is 0. The van der Waals surface area contributed by atoms with Crippen LogP contribution in [-0.4, -0.2) is 26.0 Å². The average molecular weight is 259 g/mol. The predicted octanol–water partition coefficient (Wildman–Crippen LogP) is 0.748. The van der Waals surface area contributed by atoms with E-state index in [4.69, 9.17) is 5.11 Å². The van der Waals surface area contributed by atoms with Crippen molar-refractivity contribution in [1.29, 1.82) is 0 Å². The molecule has 0 unspecified atom stereocenters. The standard InChI is InChI=1S/C9H9NO4S2/c1-2-3-5-10-16(13,14)7-4-6-15-8(7)9(11)12/h4,6,10H,5H2,1H3,(H,11,12). The third kappa shape index (κ3) is 2.82. The Morgan fingerprint density at radius 2 is 2.31 bits per heavy atom. The summed E-state index contributed by atoms with van der Waals surface area (Å²) in [7, 11) is -3.79. The van der Waals surface area contributed by atoms with E-state index >= 15 is 0 Å². The molecular formula is C9H9NO4S2. The largest absolute Gasteiger partial charge is 0.477 e. The van der Waals surface area contributed by atoms with Gasteiger partial charge in [0.1, 0.15) is 9.77 Å². The number of carboxylic acid groups (broad SMARTS) is 1. The van der Waals surface area contributed by atoms with Crippen molar-refractivity contribution in [2.24, 2.45) is 0 Å². The molecule has 0 atom stereocenters. The number of hydrogen-bond acceptors (Lipinski definition) is 4. The van der Waals surface area contributed by atoms with E-state index in [1.54, 1.807) is 6.92 Å². The summed E-state index contributed by atoms with van der Waals surface area (Å²) in [5.41, 5.74) is 0. The van der Waals surface area contributed by atoms with Gasteiger partial charge in [0.05, 0.1) is 6.54 Å². The molecule has 0 aliphatic heterocycles. The summed E-state index contributed by atoms with van der Waals surface area (Å²) >= 11 is 0.869. The molecule has 86 valence electrons. The summed E-state index contributed by atoms with van der Waals surface area (Å²) in [6, 6.07) is 1.26. The fraction of sp³-hybridized carbons (Fsp3) is 0.222. The number of rotatable bonds is 4. The summed E-state index contributed by atoms with van der Waals surface area (Å²) < 4.78 is 25.5. The maximum atomic E-state index is 11.7. The third-order valence-electron chi connectivity index (χ3n) is 1.64. The molecule has 0 aliphatic rings. The first-order valence-electron chi connectivity index (χ1n) is 4.19. The van der Waals surface area contributed by atoms with Gasteiger partial charge in [0, 0.05) is 0 Å². The van der Waals surface area contributed by atoms with E-state index in [0.717, 1.165) is 11.3 Å². The highest BCUT2D eigenvalue weighted by Crippen LogP contribution is 2.21. The van der Waals surface area contributed by atoms with Crippen LogP contribution in [0.2, 0.25) is 0 Å². The Morgan fingerprint density at radius 3 is 2.88 bits per heavy atom. The molecule has 5 nitrogen and oxygen atoms in total. The Balaban J connectivity index is 3.01. The van der Waals surface area contributed by atoms with Gasteiger partial charge in [-0.3, -0.25) is 0 Å². The lowest BCUT2D eigenvalue weighted by atomic mass is 10.5. The Morgan fingerprint density at radius 1 is 1.62 bits per heavy atom. The molecule has 0 amide bonds. The maximum absolute atomic E-state index is 11.7. The Bertz CT molecular complexity index is 548. The molecule has 0 aromatic carbocycles. The number of nitrogens with one attached hydrogen (secondary N) is 1. The van der Waals surface area contributed by atoms with E-state index in [9.17, 15) is 13.2 Å². The molecule has 1 aromatic rings. The minimum Gasteiger partial charge on any atom is -0.477 e. The molecule has 7 heteroatoms. The summed E-state index contributed by atoms with van der Waals surface area (Å²) in [5, 5.41) is 10.2. The molecule has 0 saturated heterocycles. The highest BCUT2D eigenvalue weighted by Gasteiger charge is 2.22. The quantitative estimate of drug-likeness (QED) is 0.781. The Kier molecular flexibility index (Phi) is 4.06. The van der Waals surface area contributed by atoms with Crippen LogP contribution < -0.4 is 4.72 Å². The number of sulfonamides is 1. The van der Waals surface area contributed by atoms with Crippen molar-refractivity contribution in [2.75, 3.05) is 6.54 Å². The summed E-state index contributed by atoms with van der Waals surface area (Å²) in [4.78, 5) is 10.3. The second-order valence-electron chi connectivity index (χ2n) is 2.67. The van der Waals surface area contributed by atoms with E-state index in [1.165, 1.54) is 11.4 Å². The lowest BCUT2D eigenvalue weighted by Gasteiger charge is -2.02. The van der Waals surface area contributed by atoms with Crippen LogP contribution in [0.25, 0.3) is 0 Å². The first-order valence-corrected chi connectivity index (χ1v) is 6.55. The normalized spacial score (nSPS) is 10.6. The molecule has 0 aliphatic carbocycles. The molecule has 16 heavy (non-hydrogen) atoms. The van der Waals surface area contributed by atoms with Gasteiger partial charge < -0.3 is 5.11 Å². The van der Waals surface area contributed by atoms with Gasteiger partial charge in [0.2, 0.25) is 10.0 Å². The Labute approximate surface area is 97.2 Å². The van der Waals surface area contributed by atoms with Gasteiger partial charge in [-0.05, 0) is 18.4 Å². The number of thiophene rings is 1. The van der Waals surface area contributed by atoms with Crippen molar-refractivity contribution in [2.45, 2.75) is 11.8 Å². The van der Waals surface area contributed by atoms with Gasteiger partial charge in [-0.2, -0.15) is 4.72 Å². The van der Waals surface area contributed by atoms with Crippen LogP contribution in [0.3, 0.4) is 0 Å². The maximum Gasteiger partial charge on any atom is 0.347 e. The zero-order chi connectivity index (χ0) is 12.2. The van der Waals surface area contributed by atoms with E-state index in [-0.39, 0.29) is 16.3 Å². The molecule has 1 heterocycles. The highest BCUT2D eigenvalue weighted by molar-refractivity contribution is 7.89. The molecular weight excluding hydrogens is 250 g/mol. The van der Waals surface area contributed by atoms with Crippen molar-refractivity contribution in [3.63, 3.8) is 0 Å². The molecule has 2 N–H and O–H groups in total. The third-order valence-corrected chi connectivity index (χ3v) is 4.12. The highest BCUT2D eigenvalue weighted by atomic mass is 32.2. The van der Waals surface area contributed by atoms with Crippen molar-refractivity contribution in [3.8, 4) is 11.8 Å². The lowest BCUT2D eigenvalue weighted by Crippen LogP contribution is -2.25.